The van der Waals surface area contributed by atoms with Gasteiger partial charge in [0.15, 0.2) is 17.3 Å². The number of aromatic hydroxyl groups is 1. The van der Waals surface area contributed by atoms with Crippen LogP contribution in [0.4, 0.5) is 0 Å². The molecule has 0 aliphatic carbocycles. The third-order valence-corrected chi connectivity index (χ3v) is 3.75. The molecule has 25 heavy (non-hydrogen) atoms. The van der Waals surface area contributed by atoms with E-state index in [0.29, 0.717) is 19.4 Å². The molecular weight excluding hydrogens is 330 g/mol. The Balaban J connectivity index is 2.57. The molecule has 0 aliphatic heterocycles. The van der Waals surface area contributed by atoms with E-state index in [9.17, 15) is 19.5 Å². The maximum Gasteiger partial charge on any atom is 0.224 e. The van der Waals surface area contributed by atoms with Crippen molar-refractivity contribution in [2.24, 2.45) is 0 Å². The summed E-state index contributed by atoms with van der Waals surface area (Å²) in [6.07, 6.45) is 0.213. The Bertz CT molecular complexity index is 870. The van der Waals surface area contributed by atoms with Gasteiger partial charge < -0.3 is 24.3 Å². The summed E-state index contributed by atoms with van der Waals surface area (Å²) in [6, 6.07) is 1.17. The third-order valence-electron chi connectivity index (χ3n) is 3.75. The van der Waals surface area contributed by atoms with Gasteiger partial charge in [0.05, 0.1) is 25.7 Å². The van der Waals surface area contributed by atoms with Crippen LogP contribution >= 0.6 is 0 Å². The van der Waals surface area contributed by atoms with Crippen molar-refractivity contribution in [3.63, 3.8) is 0 Å². The first-order valence-corrected chi connectivity index (χ1v) is 7.51. The van der Waals surface area contributed by atoms with Crippen molar-refractivity contribution in [2.75, 3.05) is 27.4 Å². The van der Waals surface area contributed by atoms with Gasteiger partial charge >= 0.3 is 0 Å². The lowest BCUT2D eigenvalue weighted by Crippen LogP contribution is -2.30. The Labute approximate surface area is 143 Å². The standard InChI is InChI=1S/C17H19NO7/c1-9-10(6-14(21)18-4-5-23-2)16(22)15-13(24-3)7-12(20)11(8-19)17(15)25-9/h7-8,20H,4-6H2,1-3H3,(H,18,21). The lowest BCUT2D eigenvalue weighted by atomic mass is 10.0. The first kappa shape index (κ1) is 18.5. The first-order valence-electron chi connectivity index (χ1n) is 7.51. The van der Waals surface area contributed by atoms with Gasteiger partial charge in [-0.15, -0.1) is 0 Å². The zero-order chi connectivity index (χ0) is 18.6. The molecule has 2 aromatic rings. The normalized spacial score (nSPS) is 10.7. The van der Waals surface area contributed by atoms with Crippen molar-refractivity contribution < 1.29 is 28.6 Å². The highest BCUT2D eigenvalue weighted by atomic mass is 16.5. The number of phenolic OH excluding ortho intramolecular Hbond substituents is 1. The van der Waals surface area contributed by atoms with Gasteiger partial charge in [-0.2, -0.15) is 0 Å². The van der Waals surface area contributed by atoms with Crippen molar-refractivity contribution in [1.29, 1.82) is 0 Å². The van der Waals surface area contributed by atoms with Gasteiger partial charge in [-0.25, -0.2) is 0 Å². The monoisotopic (exact) mass is 349 g/mol. The van der Waals surface area contributed by atoms with E-state index in [2.05, 4.69) is 5.32 Å². The molecule has 0 atom stereocenters. The third kappa shape index (κ3) is 3.63. The zero-order valence-electron chi connectivity index (χ0n) is 14.2. The molecule has 0 saturated carbocycles. The predicted molar refractivity (Wildman–Crippen MR) is 89.4 cm³/mol. The van der Waals surface area contributed by atoms with Crippen molar-refractivity contribution in [3.05, 3.63) is 33.2 Å². The van der Waals surface area contributed by atoms with Crippen molar-refractivity contribution in [1.82, 2.24) is 5.32 Å². The summed E-state index contributed by atoms with van der Waals surface area (Å²) >= 11 is 0. The fraction of sp³-hybridized carbons (Fsp3) is 0.353. The number of aldehydes is 1. The topological polar surface area (TPSA) is 115 Å². The molecule has 0 aliphatic rings. The second-order valence-corrected chi connectivity index (χ2v) is 5.32. The molecule has 1 heterocycles. The number of carbonyl (C=O) groups is 2. The van der Waals surface area contributed by atoms with E-state index in [1.165, 1.54) is 27.2 Å². The fourth-order valence-electron chi connectivity index (χ4n) is 2.48. The molecule has 1 aromatic heterocycles. The Hall–Kier alpha value is -2.87. The second kappa shape index (κ2) is 7.80. The number of amides is 1. The minimum Gasteiger partial charge on any atom is -0.507 e. The molecule has 0 bridgehead atoms. The summed E-state index contributed by atoms with van der Waals surface area (Å²) in [4.78, 5) is 36.1. The summed E-state index contributed by atoms with van der Waals surface area (Å²) in [5.41, 5.74) is -0.547. The number of aryl methyl sites for hydroxylation is 1. The van der Waals surface area contributed by atoms with Gasteiger partial charge in [0.1, 0.15) is 22.6 Å². The molecule has 2 N–H and O–H groups in total. The Kier molecular flexibility index (Phi) is 5.76. The predicted octanol–water partition coefficient (Wildman–Crippen LogP) is 0.933. The molecule has 0 unspecified atom stereocenters. The van der Waals surface area contributed by atoms with Crippen LogP contribution in [0.15, 0.2) is 15.3 Å². The Morgan fingerprint density at radius 1 is 1.40 bits per heavy atom. The number of ether oxygens (including phenoxy) is 2. The summed E-state index contributed by atoms with van der Waals surface area (Å²) in [7, 11) is 2.84. The molecule has 0 saturated heterocycles. The number of benzene rings is 1. The van der Waals surface area contributed by atoms with Gasteiger partial charge in [0.25, 0.3) is 0 Å². The fourth-order valence-corrected chi connectivity index (χ4v) is 2.48. The molecule has 0 spiro atoms. The number of hydrogen-bond acceptors (Lipinski definition) is 7. The molecule has 134 valence electrons. The lowest BCUT2D eigenvalue weighted by Gasteiger charge is -2.12. The van der Waals surface area contributed by atoms with Crippen LogP contribution < -0.4 is 15.5 Å². The van der Waals surface area contributed by atoms with E-state index in [-0.39, 0.29) is 51.7 Å². The summed E-state index contributed by atoms with van der Waals surface area (Å²) in [5, 5.41) is 12.5. The number of hydrogen-bond donors (Lipinski definition) is 2. The average Bonchev–Trinajstić information content (AvgIpc) is 2.58. The van der Waals surface area contributed by atoms with E-state index in [1.807, 2.05) is 0 Å². The van der Waals surface area contributed by atoms with Crippen LogP contribution in [0.5, 0.6) is 11.5 Å². The largest absolute Gasteiger partial charge is 0.507 e. The minimum absolute atomic E-state index is 0.00712. The van der Waals surface area contributed by atoms with E-state index in [4.69, 9.17) is 13.9 Å². The van der Waals surface area contributed by atoms with Crippen LogP contribution in [-0.2, 0) is 16.0 Å². The van der Waals surface area contributed by atoms with Crippen LogP contribution in [0.25, 0.3) is 11.0 Å². The van der Waals surface area contributed by atoms with Crippen LogP contribution in [0.1, 0.15) is 21.7 Å². The lowest BCUT2D eigenvalue weighted by molar-refractivity contribution is -0.120. The number of nitrogens with one attached hydrogen (secondary N) is 1. The van der Waals surface area contributed by atoms with Gasteiger partial charge in [0.2, 0.25) is 5.91 Å². The number of fused-ring (bicyclic) bond motifs is 1. The molecule has 8 nitrogen and oxygen atoms in total. The maximum absolute atomic E-state index is 12.8. The summed E-state index contributed by atoms with van der Waals surface area (Å²) < 4.78 is 15.5. The van der Waals surface area contributed by atoms with Gasteiger partial charge in [-0.1, -0.05) is 0 Å². The van der Waals surface area contributed by atoms with Gasteiger partial charge in [0, 0.05) is 25.3 Å². The van der Waals surface area contributed by atoms with Crippen molar-refractivity contribution in [3.8, 4) is 11.5 Å². The Morgan fingerprint density at radius 3 is 2.72 bits per heavy atom. The highest BCUT2D eigenvalue weighted by molar-refractivity contribution is 6.00. The van der Waals surface area contributed by atoms with Crippen LogP contribution in [0.3, 0.4) is 0 Å². The second-order valence-electron chi connectivity index (χ2n) is 5.32. The van der Waals surface area contributed by atoms with E-state index in [1.54, 1.807) is 0 Å². The number of rotatable bonds is 7. The van der Waals surface area contributed by atoms with Crippen molar-refractivity contribution >= 4 is 23.2 Å². The van der Waals surface area contributed by atoms with E-state index in [0.717, 1.165) is 0 Å². The number of carbonyl (C=O) groups excluding carboxylic acids is 2. The smallest absolute Gasteiger partial charge is 0.224 e. The number of methoxy groups -OCH3 is 2. The zero-order valence-corrected chi connectivity index (χ0v) is 14.2. The molecule has 0 fully saturated rings. The highest BCUT2D eigenvalue weighted by Crippen LogP contribution is 2.33. The highest BCUT2D eigenvalue weighted by Gasteiger charge is 2.22. The minimum atomic E-state index is -0.486. The molecule has 1 amide bonds. The molecule has 1 aromatic carbocycles. The van der Waals surface area contributed by atoms with Gasteiger partial charge in [-0.3, -0.25) is 14.4 Å². The van der Waals surface area contributed by atoms with Crippen molar-refractivity contribution in [2.45, 2.75) is 13.3 Å². The van der Waals surface area contributed by atoms with Crippen LogP contribution in [0.2, 0.25) is 0 Å². The SMILES string of the molecule is COCCNC(=O)Cc1c(C)oc2c(C=O)c(O)cc(OC)c2c1=O. The Morgan fingerprint density at radius 2 is 2.12 bits per heavy atom. The average molecular weight is 349 g/mol. The molecule has 2 rings (SSSR count). The van der Waals surface area contributed by atoms with Crippen LogP contribution in [0, 0.1) is 6.92 Å². The first-order chi connectivity index (χ1) is 11.9. The van der Waals surface area contributed by atoms with Gasteiger partial charge in [-0.05, 0) is 6.92 Å². The molecule has 0 radical (unpaired) electrons. The summed E-state index contributed by atoms with van der Waals surface area (Å²) in [6.45, 7) is 2.19. The number of phenols is 1. The van der Waals surface area contributed by atoms with E-state index >= 15 is 0 Å². The van der Waals surface area contributed by atoms with Crippen LogP contribution in [-0.4, -0.2) is 44.7 Å². The van der Waals surface area contributed by atoms with E-state index < -0.39 is 5.43 Å². The molecule has 8 heteroatoms. The maximum atomic E-state index is 12.8. The quantitative estimate of drug-likeness (QED) is 0.564. The molecular formula is C17H19NO7. The summed E-state index contributed by atoms with van der Waals surface area (Å²) in [5.74, 6) is -0.463.